The van der Waals surface area contributed by atoms with Gasteiger partial charge in [-0.25, -0.2) is 15.0 Å². The number of rotatable bonds is 5. The lowest BCUT2D eigenvalue weighted by atomic mass is 10.2. The zero-order chi connectivity index (χ0) is 16.9. The quantitative estimate of drug-likeness (QED) is 0.571. The van der Waals surface area contributed by atoms with E-state index in [1.54, 1.807) is 18.6 Å². The molecule has 2 aromatic heterocycles. The van der Waals surface area contributed by atoms with Crippen LogP contribution in [0, 0.1) is 6.92 Å². The van der Waals surface area contributed by atoms with Crippen LogP contribution in [0.5, 0.6) is 0 Å². The number of amides is 1. The third-order valence-corrected chi connectivity index (χ3v) is 4.14. The minimum absolute atomic E-state index is 0.183. The molecule has 0 saturated carbocycles. The van der Waals surface area contributed by atoms with Crippen molar-refractivity contribution < 1.29 is 4.79 Å². The van der Waals surface area contributed by atoms with E-state index in [4.69, 9.17) is 0 Å². The van der Waals surface area contributed by atoms with Gasteiger partial charge in [0, 0.05) is 37.0 Å². The smallest absolute Gasteiger partial charge is 0.254 e. The highest BCUT2D eigenvalue weighted by atomic mass is 32.2. The third kappa shape index (κ3) is 3.62. The molecule has 1 N–H and O–H groups in total. The van der Waals surface area contributed by atoms with E-state index in [2.05, 4.69) is 20.3 Å². The molecule has 0 fully saturated rings. The summed E-state index contributed by atoms with van der Waals surface area (Å²) >= 11 is 1.44. The van der Waals surface area contributed by atoms with E-state index in [0.717, 1.165) is 17.1 Å². The van der Waals surface area contributed by atoms with Crippen LogP contribution in [0.15, 0.2) is 54.2 Å². The summed E-state index contributed by atoms with van der Waals surface area (Å²) in [5.74, 6) is 0.752. The van der Waals surface area contributed by atoms with Gasteiger partial charge in [0.25, 0.3) is 5.91 Å². The fraction of sp³-hybridized carbons (Fsp3) is 0.176. The monoisotopic (exact) mass is 339 g/mol. The molecule has 0 aliphatic carbocycles. The van der Waals surface area contributed by atoms with Crippen LogP contribution in [0.2, 0.25) is 0 Å². The van der Waals surface area contributed by atoms with Crippen molar-refractivity contribution >= 4 is 17.7 Å². The van der Waals surface area contributed by atoms with Crippen molar-refractivity contribution in [3.8, 4) is 5.69 Å². The Kier molecular flexibility index (Phi) is 4.90. The second-order valence-electron chi connectivity index (χ2n) is 5.15. The summed E-state index contributed by atoms with van der Waals surface area (Å²) < 4.78 is 2.01. The maximum absolute atomic E-state index is 12.1. The van der Waals surface area contributed by atoms with Gasteiger partial charge in [0.05, 0.1) is 5.56 Å². The topological polar surface area (TPSA) is 72.7 Å². The largest absolute Gasteiger partial charge is 0.348 e. The lowest BCUT2D eigenvalue weighted by Crippen LogP contribution is -2.23. The van der Waals surface area contributed by atoms with Gasteiger partial charge in [-0.15, -0.1) is 0 Å². The second-order valence-corrected chi connectivity index (χ2v) is 5.93. The number of carbonyl (C=O) groups excluding carboxylic acids is 1. The van der Waals surface area contributed by atoms with Crippen LogP contribution < -0.4 is 5.32 Å². The number of imidazole rings is 1. The number of nitrogens with one attached hydrogen (secondary N) is 1. The Balaban J connectivity index is 1.62. The molecule has 0 atom stereocenters. The molecule has 0 radical (unpaired) electrons. The highest BCUT2D eigenvalue weighted by Crippen LogP contribution is 2.12. The van der Waals surface area contributed by atoms with Gasteiger partial charge in [0.1, 0.15) is 5.82 Å². The first-order chi connectivity index (χ1) is 11.7. The first-order valence-corrected chi connectivity index (χ1v) is 8.63. The molecule has 0 aliphatic rings. The lowest BCUT2D eigenvalue weighted by Gasteiger charge is -2.08. The summed E-state index contributed by atoms with van der Waals surface area (Å²) in [7, 11) is 0. The fourth-order valence-corrected chi connectivity index (χ4v) is 2.56. The van der Waals surface area contributed by atoms with Gasteiger partial charge in [-0.1, -0.05) is 23.9 Å². The third-order valence-electron chi connectivity index (χ3n) is 3.57. The van der Waals surface area contributed by atoms with E-state index in [0.29, 0.717) is 17.3 Å². The van der Waals surface area contributed by atoms with Crippen LogP contribution in [-0.4, -0.2) is 31.7 Å². The predicted octanol–water partition coefficient (Wildman–Crippen LogP) is 2.62. The van der Waals surface area contributed by atoms with Crippen LogP contribution in [0.1, 0.15) is 21.7 Å². The summed E-state index contributed by atoms with van der Waals surface area (Å²) in [5.41, 5.74) is 2.52. The first kappa shape index (κ1) is 16.2. The zero-order valence-corrected chi connectivity index (χ0v) is 14.2. The molecular formula is C17H17N5OS. The lowest BCUT2D eigenvalue weighted by molar-refractivity contribution is 0.0950. The molecule has 1 amide bonds. The minimum atomic E-state index is -0.183. The molecule has 0 bridgehead atoms. The van der Waals surface area contributed by atoms with Gasteiger partial charge in [-0.05, 0) is 30.9 Å². The summed E-state index contributed by atoms with van der Waals surface area (Å²) in [5, 5.41) is 3.52. The predicted molar refractivity (Wildman–Crippen MR) is 93.3 cm³/mol. The fourth-order valence-electron chi connectivity index (χ4n) is 2.25. The van der Waals surface area contributed by atoms with Crippen LogP contribution >= 0.6 is 11.8 Å². The van der Waals surface area contributed by atoms with E-state index >= 15 is 0 Å². The van der Waals surface area contributed by atoms with E-state index in [9.17, 15) is 4.79 Å². The van der Waals surface area contributed by atoms with Crippen LogP contribution in [-0.2, 0) is 6.54 Å². The molecular weight excluding hydrogens is 322 g/mol. The van der Waals surface area contributed by atoms with Crippen LogP contribution in [0.4, 0.5) is 0 Å². The van der Waals surface area contributed by atoms with Crippen molar-refractivity contribution in [1.82, 2.24) is 24.8 Å². The second kappa shape index (κ2) is 7.27. The van der Waals surface area contributed by atoms with E-state index in [1.165, 1.54) is 11.8 Å². The number of hydrogen-bond donors (Lipinski definition) is 1. The summed E-state index contributed by atoms with van der Waals surface area (Å²) in [6.07, 6.45) is 8.67. The van der Waals surface area contributed by atoms with Gasteiger partial charge < -0.3 is 9.88 Å². The van der Waals surface area contributed by atoms with Gasteiger partial charge in [0.15, 0.2) is 5.16 Å². The highest BCUT2D eigenvalue weighted by Gasteiger charge is 2.07. The number of nitrogens with zero attached hydrogens (tertiary/aromatic N) is 4. The number of aromatic nitrogens is 4. The molecule has 3 rings (SSSR count). The van der Waals surface area contributed by atoms with Gasteiger partial charge in [0.2, 0.25) is 0 Å². The van der Waals surface area contributed by atoms with E-state index in [1.807, 2.05) is 48.2 Å². The summed E-state index contributed by atoms with van der Waals surface area (Å²) in [6.45, 7) is 2.41. The Morgan fingerprint density at radius 2 is 1.88 bits per heavy atom. The van der Waals surface area contributed by atoms with Crippen LogP contribution in [0.25, 0.3) is 5.69 Å². The van der Waals surface area contributed by atoms with Crippen molar-refractivity contribution in [2.24, 2.45) is 0 Å². The molecule has 24 heavy (non-hydrogen) atoms. The Bertz CT molecular complexity index is 827. The average Bonchev–Trinajstić information content (AvgIpc) is 3.06. The normalized spacial score (nSPS) is 10.6. The molecule has 2 heterocycles. The summed E-state index contributed by atoms with van der Waals surface area (Å²) in [4.78, 5) is 24.5. The van der Waals surface area contributed by atoms with Gasteiger partial charge >= 0.3 is 0 Å². The van der Waals surface area contributed by atoms with Gasteiger partial charge in [-0.2, -0.15) is 0 Å². The minimum Gasteiger partial charge on any atom is -0.348 e. The maximum atomic E-state index is 12.1. The number of hydrogen-bond acceptors (Lipinski definition) is 5. The van der Waals surface area contributed by atoms with Crippen LogP contribution in [0.3, 0.4) is 0 Å². The number of aryl methyl sites for hydroxylation is 1. The maximum Gasteiger partial charge on any atom is 0.254 e. The Hall–Kier alpha value is -2.67. The molecule has 0 spiro atoms. The van der Waals surface area contributed by atoms with Crippen molar-refractivity contribution in [3.63, 3.8) is 0 Å². The van der Waals surface area contributed by atoms with E-state index < -0.39 is 0 Å². The number of carbonyl (C=O) groups is 1. The standard InChI is InChI=1S/C17H17N5OS/c1-12-18-7-8-22(12)15-5-3-13(4-6-15)9-19-16(23)14-10-20-17(24-2)21-11-14/h3-8,10-11H,9H2,1-2H3,(H,19,23). The molecule has 6 nitrogen and oxygen atoms in total. The number of thioether (sulfide) groups is 1. The van der Waals surface area contributed by atoms with Crippen molar-refractivity contribution in [1.29, 1.82) is 0 Å². The summed E-state index contributed by atoms with van der Waals surface area (Å²) in [6, 6.07) is 7.99. The van der Waals surface area contributed by atoms with Crippen molar-refractivity contribution in [2.45, 2.75) is 18.6 Å². The molecule has 3 aromatic rings. The highest BCUT2D eigenvalue weighted by molar-refractivity contribution is 7.98. The average molecular weight is 339 g/mol. The molecule has 0 aliphatic heterocycles. The first-order valence-electron chi connectivity index (χ1n) is 7.41. The SMILES string of the molecule is CSc1ncc(C(=O)NCc2ccc(-n3ccnc3C)cc2)cn1. The van der Waals surface area contributed by atoms with Crippen molar-refractivity contribution in [3.05, 3.63) is 66.0 Å². The Labute approximate surface area is 144 Å². The van der Waals surface area contributed by atoms with E-state index in [-0.39, 0.29) is 5.91 Å². The Morgan fingerprint density at radius 1 is 1.17 bits per heavy atom. The zero-order valence-electron chi connectivity index (χ0n) is 13.4. The Morgan fingerprint density at radius 3 is 2.46 bits per heavy atom. The number of benzene rings is 1. The van der Waals surface area contributed by atoms with Gasteiger partial charge in [-0.3, -0.25) is 4.79 Å². The van der Waals surface area contributed by atoms with Crippen molar-refractivity contribution in [2.75, 3.05) is 6.26 Å². The molecule has 122 valence electrons. The molecule has 0 unspecified atom stereocenters. The molecule has 0 saturated heterocycles. The molecule has 7 heteroatoms. The molecule has 1 aromatic carbocycles.